The van der Waals surface area contributed by atoms with E-state index in [0.29, 0.717) is 29.1 Å². The lowest BCUT2D eigenvalue weighted by Gasteiger charge is -2.33. The highest BCUT2D eigenvalue weighted by atomic mass is 28.4. The van der Waals surface area contributed by atoms with Crippen molar-refractivity contribution >= 4 is 37.2 Å². The molecule has 8 nitrogen and oxygen atoms in total. The lowest BCUT2D eigenvalue weighted by molar-refractivity contribution is -0.146. The van der Waals surface area contributed by atoms with Crippen LogP contribution in [0.25, 0.3) is 0 Å². The fourth-order valence-electron chi connectivity index (χ4n) is 6.09. The molecule has 4 atom stereocenters. The molecule has 5 rings (SSSR count). The number of anilines is 3. The molecule has 3 aliphatic rings. The van der Waals surface area contributed by atoms with Gasteiger partial charge in [-0.15, -0.1) is 0 Å². The first kappa shape index (κ1) is 23.0. The largest absolute Gasteiger partial charge is 0.482 e. The average molecular weight is 483 g/mol. The normalized spacial score (nSPS) is 28.4. The fourth-order valence-corrected chi connectivity index (χ4v) is 8.70. The predicted molar refractivity (Wildman–Crippen MR) is 130 cm³/mol. The van der Waals surface area contributed by atoms with E-state index in [1.165, 1.54) is 0 Å². The van der Waals surface area contributed by atoms with Crippen LogP contribution in [0.3, 0.4) is 0 Å². The van der Waals surface area contributed by atoms with Crippen LogP contribution in [0.5, 0.6) is 5.75 Å². The van der Waals surface area contributed by atoms with Gasteiger partial charge in [-0.25, -0.2) is 0 Å². The van der Waals surface area contributed by atoms with Crippen molar-refractivity contribution in [2.75, 3.05) is 30.1 Å². The number of nitrogens with zero attached hydrogens (tertiary/aromatic N) is 2. The van der Waals surface area contributed by atoms with Crippen molar-refractivity contribution in [1.82, 2.24) is 0 Å². The smallest absolute Gasteiger partial charge is 0.269 e. The van der Waals surface area contributed by atoms with Gasteiger partial charge in [-0.05, 0) is 49.8 Å². The molecule has 0 radical (unpaired) electrons. The molecule has 2 amide bonds. The summed E-state index contributed by atoms with van der Waals surface area (Å²) < 4.78 is 12.1. The molecule has 0 unspecified atom stereocenters. The quantitative estimate of drug-likeness (QED) is 0.650. The van der Waals surface area contributed by atoms with Gasteiger partial charge in [-0.2, -0.15) is 0 Å². The summed E-state index contributed by atoms with van der Waals surface area (Å²) in [6.07, 6.45) is -0.0980. The van der Waals surface area contributed by atoms with Gasteiger partial charge in [-0.1, -0.05) is 19.1 Å². The van der Waals surface area contributed by atoms with Crippen molar-refractivity contribution in [3.8, 4) is 5.75 Å². The van der Waals surface area contributed by atoms with Crippen LogP contribution in [0.2, 0.25) is 18.6 Å². The minimum absolute atomic E-state index is 0.0735. The number of hydrogen-bond donors (Lipinski definition) is 2. The number of likely N-dealkylation sites (N-methyl/N-ethyl adjacent to an activating group) is 1. The first-order valence-electron chi connectivity index (χ1n) is 11.6. The van der Waals surface area contributed by atoms with Gasteiger partial charge >= 0.3 is 0 Å². The van der Waals surface area contributed by atoms with Gasteiger partial charge in [0.25, 0.3) is 11.8 Å². The predicted octanol–water partition coefficient (Wildman–Crippen LogP) is 2.90. The number of ether oxygens (including phenoxy) is 2. The van der Waals surface area contributed by atoms with Crippen molar-refractivity contribution in [2.24, 2.45) is 5.92 Å². The van der Waals surface area contributed by atoms with E-state index in [1.807, 2.05) is 62.5 Å². The van der Waals surface area contributed by atoms with Gasteiger partial charge in [0.2, 0.25) is 0 Å². The van der Waals surface area contributed by atoms with Gasteiger partial charge < -0.3 is 24.3 Å². The third kappa shape index (κ3) is 3.14. The van der Waals surface area contributed by atoms with Crippen LogP contribution in [0.4, 0.5) is 17.1 Å². The second kappa shape index (κ2) is 7.91. The second-order valence-corrected chi connectivity index (χ2v) is 13.9. The minimum Gasteiger partial charge on any atom is -0.482 e. The molecule has 1 saturated heterocycles. The molecule has 0 aromatic heterocycles. The molecular formula is C25H30N2O6Si. The molecule has 0 saturated carbocycles. The van der Waals surface area contributed by atoms with Gasteiger partial charge in [0, 0.05) is 36.4 Å². The number of para-hydroxylation sites is 2. The van der Waals surface area contributed by atoms with Gasteiger partial charge in [0.15, 0.2) is 20.5 Å². The Morgan fingerprint density at radius 1 is 1.15 bits per heavy atom. The number of aliphatic hydroxyl groups excluding tert-OH is 1. The van der Waals surface area contributed by atoms with Crippen molar-refractivity contribution in [2.45, 2.75) is 43.7 Å². The molecule has 0 bridgehead atoms. The Kier molecular flexibility index (Phi) is 5.36. The van der Waals surface area contributed by atoms with E-state index < -0.39 is 20.0 Å². The minimum atomic E-state index is -2.75. The van der Waals surface area contributed by atoms with Crippen molar-refractivity contribution in [3.63, 3.8) is 0 Å². The molecule has 1 fully saturated rings. The van der Waals surface area contributed by atoms with Crippen LogP contribution in [0, 0.1) is 5.92 Å². The number of hydrogen-bond acceptors (Lipinski definition) is 6. The topological polar surface area (TPSA) is 99.5 Å². The van der Waals surface area contributed by atoms with E-state index in [9.17, 15) is 19.5 Å². The third-order valence-electron chi connectivity index (χ3n) is 7.48. The monoisotopic (exact) mass is 482 g/mol. The number of benzene rings is 2. The Morgan fingerprint density at radius 2 is 1.88 bits per heavy atom. The van der Waals surface area contributed by atoms with Crippen molar-refractivity contribution < 1.29 is 29.0 Å². The number of carbonyl (C=O) groups excluding carboxylic acids is 2. The van der Waals surface area contributed by atoms with E-state index in [0.717, 1.165) is 5.69 Å². The SMILES string of the molecule is C[C@@H]1[C@@H]([Si](C)(C)O)[C@H](CCO)O[C@@]12C(=O)N(C)c1ccc(N3C(=O)COc4ccccc43)cc12. The van der Waals surface area contributed by atoms with Crippen molar-refractivity contribution in [1.29, 1.82) is 0 Å². The lowest BCUT2D eigenvalue weighted by atomic mass is 9.82. The summed E-state index contributed by atoms with van der Waals surface area (Å²) in [5.41, 5.74) is 1.15. The molecule has 180 valence electrons. The van der Waals surface area contributed by atoms with Crippen LogP contribution < -0.4 is 14.5 Å². The molecular weight excluding hydrogens is 452 g/mol. The summed E-state index contributed by atoms with van der Waals surface area (Å²) in [5.74, 6) is -0.0859. The highest BCUT2D eigenvalue weighted by molar-refractivity contribution is 6.71. The van der Waals surface area contributed by atoms with Crippen LogP contribution >= 0.6 is 0 Å². The second-order valence-electron chi connectivity index (χ2n) is 9.92. The summed E-state index contributed by atoms with van der Waals surface area (Å²) in [4.78, 5) is 41.0. The Balaban J connectivity index is 1.66. The molecule has 3 aliphatic heterocycles. The summed E-state index contributed by atoms with van der Waals surface area (Å²) in [6.45, 7) is 5.49. The molecule has 2 aromatic carbocycles. The number of aliphatic hydroxyl groups is 1. The van der Waals surface area contributed by atoms with Gasteiger partial charge in [0.05, 0.1) is 17.5 Å². The molecule has 9 heteroatoms. The molecule has 3 heterocycles. The Labute approximate surface area is 199 Å². The zero-order valence-corrected chi connectivity index (χ0v) is 20.8. The fraction of sp³-hybridized carbons (Fsp3) is 0.440. The Bertz CT molecular complexity index is 1160. The van der Waals surface area contributed by atoms with Crippen molar-refractivity contribution in [3.05, 3.63) is 48.0 Å². The van der Waals surface area contributed by atoms with E-state index in [2.05, 4.69) is 0 Å². The highest BCUT2D eigenvalue weighted by Crippen LogP contribution is 2.60. The zero-order chi connectivity index (χ0) is 24.4. The number of carbonyl (C=O) groups is 2. The summed E-state index contributed by atoms with van der Waals surface area (Å²) in [7, 11) is -1.03. The molecule has 2 N–H and O–H groups in total. The summed E-state index contributed by atoms with van der Waals surface area (Å²) in [6, 6.07) is 12.9. The van der Waals surface area contributed by atoms with Crippen LogP contribution in [-0.4, -0.2) is 56.4 Å². The van der Waals surface area contributed by atoms with Gasteiger partial charge in [-0.3, -0.25) is 14.5 Å². The third-order valence-corrected chi connectivity index (χ3v) is 9.98. The maximum absolute atomic E-state index is 13.7. The number of rotatable bonds is 4. The van der Waals surface area contributed by atoms with E-state index in [-0.39, 0.29) is 36.5 Å². The maximum Gasteiger partial charge on any atom is 0.269 e. The van der Waals surface area contributed by atoms with Gasteiger partial charge in [0.1, 0.15) is 5.75 Å². The molecule has 1 spiro atoms. The molecule has 2 aromatic rings. The Hall–Kier alpha value is -2.72. The van der Waals surface area contributed by atoms with Crippen LogP contribution in [0.15, 0.2) is 42.5 Å². The average Bonchev–Trinajstić information content (AvgIpc) is 3.21. The first-order valence-corrected chi connectivity index (χ1v) is 14.6. The first-order chi connectivity index (χ1) is 16.1. The highest BCUT2D eigenvalue weighted by Gasteiger charge is 2.65. The van der Waals surface area contributed by atoms with E-state index in [1.54, 1.807) is 16.8 Å². The van der Waals surface area contributed by atoms with Crippen LogP contribution in [-0.2, 0) is 19.9 Å². The standard InChI is InChI=1S/C25H30N2O6Si/c1-15-23(34(3,4)31)21(11-12-28)33-25(15)17-13-16(9-10-18(17)26(2)24(25)30)27-19-7-5-6-8-20(19)32-14-22(27)29/h5-10,13,15,21,23,28,31H,11-12,14H2,1-4H3/t15-,21+,23-,25+/m1/s1. The number of amides is 2. The summed E-state index contributed by atoms with van der Waals surface area (Å²) in [5, 5.41) is 9.68. The molecule has 34 heavy (non-hydrogen) atoms. The Morgan fingerprint density at radius 3 is 2.59 bits per heavy atom. The number of fused-ring (bicyclic) bond motifs is 3. The summed E-state index contributed by atoms with van der Waals surface area (Å²) >= 11 is 0. The lowest BCUT2D eigenvalue weighted by Crippen LogP contribution is -2.45. The van der Waals surface area contributed by atoms with Crippen LogP contribution in [0.1, 0.15) is 18.9 Å². The maximum atomic E-state index is 13.7. The van der Waals surface area contributed by atoms with E-state index in [4.69, 9.17) is 9.47 Å². The van der Waals surface area contributed by atoms with E-state index >= 15 is 0 Å². The zero-order valence-electron chi connectivity index (χ0n) is 19.8. The molecule has 0 aliphatic carbocycles.